The van der Waals surface area contributed by atoms with Gasteiger partial charge in [0.2, 0.25) is 11.3 Å². The first-order valence-electron chi connectivity index (χ1n) is 9.63. The van der Waals surface area contributed by atoms with Crippen LogP contribution in [0.3, 0.4) is 0 Å². The lowest BCUT2D eigenvalue weighted by Crippen LogP contribution is -2.30. The summed E-state index contributed by atoms with van der Waals surface area (Å²) in [7, 11) is 0. The van der Waals surface area contributed by atoms with Crippen molar-refractivity contribution in [2.24, 2.45) is 11.8 Å². The number of likely N-dealkylation sites (tertiary alicyclic amines) is 1. The zero-order chi connectivity index (χ0) is 18.9. The summed E-state index contributed by atoms with van der Waals surface area (Å²) in [4.78, 5) is 7.00. The molecule has 2 aliphatic rings. The number of hydrogen-bond donors (Lipinski definition) is 2. The summed E-state index contributed by atoms with van der Waals surface area (Å²) in [6.07, 6.45) is 4.07. The van der Waals surface area contributed by atoms with Crippen LogP contribution in [-0.4, -0.2) is 38.3 Å². The molecule has 0 spiro atoms. The Morgan fingerprint density at radius 2 is 2.07 bits per heavy atom. The van der Waals surface area contributed by atoms with E-state index in [-0.39, 0.29) is 5.41 Å². The van der Waals surface area contributed by atoms with Gasteiger partial charge in [0.1, 0.15) is 0 Å². The predicted molar refractivity (Wildman–Crippen MR) is 107 cm³/mol. The first kappa shape index (κ1) is 18.7. The maximum Gasteiger partial charge on any atom is 0.232 e. The molecule has 1 aromatic carbocycles. The highest BCUT2D eigenvalue weighted by atomic mass is 32.2. The first-order chi connectivity index (χ1) is 13.1. The van der Waals surface area contributed by atoms with Crippen LogP contribution in [0, 0.1) is 11.8 Å². The van der Waals surface area contributed by atoms with Crippen LogP contribution in [0.15, 0.2) is 48.7 Å². The van der Waals surface area contributed by atoms with E-state index in [1.807, 2.05) is 18.3 Å². The van der Waals surface area contributed by atoms with Crippen molar-refractivity contribution in [3.05, 3.63) is 65.5 Å². The van der Waals surface area contributed by atoms with Gasteiger partial charge in [0, 0.05) is 36.9 Å². The first-order valence-corrected chi connectivity index (χ1v) is 10.7. The van der Waals surface area contributed by atoms with Crippen molar-refractivity contribution in [2.45, 2.75) is 31.7 Å². The third-order valence-corrected chi connectivity index (χ3v) is 6.80. The van der Waals surface area contributed by atoms with Gasteiger partial charge in [-0.2, -0.15) is 0 Å². The molecular weight excluding hydrogens is 358 g/mol. The lowest BCUT2D eigenvalue weighted by atomic mass is 9.91. The van der Waals surface area contributed by atoms with Gasteiger partial charge in [-0.05, 0) is 54.5 Å². The Labute approximate surface area is 163 Å². The lowest BCUT2D eigenvalue weighted by molar-refractivity contribution is 0.274. The maximum atomic E-state index is 10.8. The molecule has 1 aromatic heterocycles. The van der Waals surface area contributed by atoms with Gasteiger partial charge in [-0.1, -0.05) is 37.3 Å². The highest BCUT2D eigenvalue weighted by Gasteiger charge is 2.65. The van der Waals surface area contributed by atoms with Gasteiger partial charge < -0.3 is 4.90 Å². The SMILES string of the molecule is CC1(c2cccc(CNS(=O)O)c2)C2CN(CCCc3ccccn3)CC21. The van der Waals surface area contributed by atoms with Gasteiger partial charge in [-0.25, -0.2) is 8.93 Å². The third-order valence-electron chi connectivity index (χ3n) is 6.41. The number of nitrogens with zero attached hydrogens (tertiary/aromatic N) is 2. The van der Waals surface area contributed by atoms with Crippen molar-refractivity contribution in [1.29, 1.82) is 0 Å². The summed E-state index contributed by atoms with van der Waals surface area (Å²) >= 11 is -1.97. The minimum Gasteiger partial charge on any atom is -0.303 e. The van der Waals surface area contributed by atoms with Crippen molar-refractivity contribution in [3.63, 3.8) is 0 Å². The van der Waals surface area contributed by atoms with Crippen LogP contribution in [0.4, 0.5) is 0 Å². The molecule has 4 rings (SSSR count). The molecule has 0 radical (unpaired) electrons. The average Bonchev–Trinajstić information content (AvgIpc) is 3.03. The molecule has 2 fully saturated rings. The second-order valence-corrected chi connectivity index (χ2v) is 8.74. The molecule has 3 unspecified atom stereocenters. The predicted octanol–water partition coefficient (Wildman–Crippen LogP) is 2.76. The molecule has 144 valence electrons. The highest BCUT2D eigenvalue weighted by molar-refractivity contribution is 7.77. The molecule has 0 bridgehead atoms. The van der Waals surface area contributed by atoms with E-state index in [1.165, 1.54) is 24.3 Å². The number of pyridine rings is 1. The van der Waals surface area contributed by atoms with Crippen molar-refractivity contribution < 1.29 is 8.76 Å². The molecule has 5 nitrogen and oxygen atoms in total. The van der Waals surface area contributed by atoms with E-state index in [9.17, 15) is 4.21 Å². The molecular formula is C21H27N3O2S. The van der Waals surface area contributed by atoms with Crippen molar-refractivity contribution >= 4 is 11.3 Å². The standard InChI is InChI=1S/C21H27N3O2S/c1-21(17-7-4-6-16(12-17)13-23-27(25)26)19-14-24(15-20(19)21)11-5-9-18-8-2-3-10-22-18/h2-4,6-8,10,12,19-20,23H,5,9,11,13-15H2,1H3,(H,25,26). The summed E-state index contributed by atoms with van der Waals surface area (Å²) < 4.78 is 22.3. The monoisotopic (exact) mass is 385 g/mol. The topological polar surface area (TPSA) is 65.5 Å². The zero-order valence-corrected chi connectivity index (χ0v) is 16.5. The Bertz CT molecular complexity index is 802. The van der Waals surface area contributed by atoms with Gasteiger partial charge in [0.15, 0.2) is 0 Å². The Hall–Kier alpha value is -1.60. The fourth-order valence-corrected chi connectivity index (χ4v) is 5.05. The van der Waals surface area contributed by atoms with Gasteiger partial charge in [-0.3, -0.25) is 9.54 Å². The molecule has 0 amide bonds. The molecule has 2 N–H and O–H groups in total. The fraction of sp³-hybridized carbons (Fsp3) is 0.476. The lowest BCUT2D eigenvalue weighted by Gasteiger charge is -2.24. The molecule has 2 heterocycles. The van der Waals surface area contributed by atoms with Crippen LogP contribution < -0.4 is 4.72 Å². The molecule has 1 aliphatic heterocycles. The highest BCUT2D eigenvalue weighted by Crippen LogP contribution is 2.63. The van der Waals surface area contributed by atoms with E-state index in [0.29, 0.717) is 6.54 Å². The van der Waals surface area contributed by atoms with Gasteiger partial charge in [-0.15, -0.1) is 0 Å². The average molecular weight is 386 g/mol. The Morgan fingerprint density at radius 3 is 2.78 bits per heavy atom. The summed E-state index contributed by atoms with van der Waals surface area (Å²) in [5.41, 5.74) is 3.87. The van der Waals surface area contributed by atoms with Crippen LogP contribution in [0.2, 0.25) is 0 Å². The Morgan fingerprint density at radius 1 is 1.26 bits per heavy atom. The molecule has 1 aliphatic carbocycles. The minimum atomic E-state index is -1.97. The number of hydrogen-bond acceptors (Lipinski definition) is 3. The smallest absolute Gasteiger partial charge is 0.232 e. The second kappa shape index (κ2) is 7.80. The van der Waals surface area contributed by atoms with Crippen LogP contribution in [0.1, 0.15) is 30.2 Å². The number of fused-ring (bicyclic) bond motifs is 1. The molecule has 6 heteroatoms. The Kier molecular flexibility index (Phi) is 5.41. The molecule has 27 heavy (non-hydrogen) atoms. The fourth-order valence-electron chi connectivity index (χ4n) is 4.76. The summed E-state index contributed by atoms with van der Waals surface area (Å²) in [6.45, 7) is 6.29. The number of rotatable bonds is 8. The molecule has 2 aromatic rings. The number of piperidine rings is 1. The Balaban J connectivity index is 1.29. The van der Waals surface area contributed by atoms with E-state index < -0.39 is 11.3 Å². The van der Waals surface area contributed by atoms with Crippen LogP contribution in [0.25, 0.3) is 0 Å². The van der Waals surface area contributed by atoms with Crippen molar-refractivity contribution in [1.82, 2.24) is 14.6 Å². The van der Waals surface area contributed by atoms with E-state index in [0.717, 1.165) is 36.8 Å². The second-order valence-electron chi connectivity index (χ2n) is 7.95. The van der Waals surface area contributed by atoms with Crippen LogP contribution in [-0.2, 0) is 29.6 Å². The molecule has 1 saturated carbocycles. The number of aryl methyl sites for hydroxylation is 1. The van der Waals surface area contributed by atoms with Crippen molar-refractivity contribution in [3.8, 4) is 0 Å². The maximum absolute atomic E-state index is 10.8. The van der Waals surface area contributed by atoms with E-state index >= 15 is 0 Å². The molecule has 1 saturated heterocycles. The van der Waals surface area contributed by atoms with Gasteiger partial charge in [0.05, 0.1) is 0 Å². The number of nitrogens with one attached hydrogen (secondary N) is 1. The zero-order valence-electron chi connectivity index (χ0n) is 15.7. The largest absolute Gasteiger partial charge is 0.303 e. The third kappa shape index (κ3) is 3.99. The normalized spacial score (nSPS) is 28.1. The van der Waals surface area contributed by atoms with Crippen LogP contribution >= 0.6 is 0 Å². The quantitative estimate of drug-likeness (QED) is 0.686. The summed E-state index contributed by atoms with van der Waals surface area (Å²) in [5.74, 6) is 1.45. The summed E-state index contributed by atoms with van der Waals surface area (Å²) in [5, 5.41) is 0. The van der Waals surface area contributed by atoms with Crippen LogP contribution in [0.5, 0.6) is 0 Å². The summed E-state index contributed by atoms with van der Waals surface area (Å²) in [6, 6.07) is 14.6. The van der Waals surface area contributed by atoms with Gasteiger partial charge in [0.25, 0.3) is 0 Å². The van der Waals surface area contributed by atoms with E-state index in [2.05, 4.69) is 51.9 Å². The van der Waals surface area contributed by atoms with Gasteiger partial charge >= 0.3 is 0 Å². The number of aromatic nitrogens is 1. The van der Waals surface area contributed by atoms with E-state index in [4.69, 9.17) is 4.55 Å². The minimum absolute atomic E-state index is 0.256. The van der Waals surface area contributed by atoms with Crippen molar-refractivity contribution in [2.75, 3.05) is 19.6 Å². The van der Waals surface area contributed by atoms with E-state index in [1.54, 1.807) is 0 Å². The molecule has 3 atom stereocenters. The number of benzene rings is 1.